The number of ether oxygens (including phenoxy) is 1. The van der Waals surface area contributed by atoms with Gasteiger partial charge in [-0.2, -0.15) is 0 Å². The average Bonchev–Trinajstić information content (AvgIpc) is 3.08. The molecule has 0 aliphatic heterocycles. The van der Waals surface area contributed by atoms with E-state index in [1.54, 1.807) is 13.0 Å². The van der Waals surface area contributed by atoms with Crippen LogP contribution in [0.5, 0.6) is 0 Å². The van der Waals surface area contributed by atoms with Crippen LogP contribution in [0.15, 0.2) is 66.7 Å². The van der Waals surface area contributed by atoms with Crippen molar-refractivity contribution in [3.8, 4) is 11.1 Å². The number of alkyl carbamates (subject to hydrolysis) is 1. The molecule has 0 heterocycles. The van der Waals surface area contributed by atoms with Crippen LogP contribution in [-0.4, -0.2) is 29.8 Å². The molecule has 0 fully saturated rings. The molecule has 2 N–H and O–H groups in total. The lowest BCUT2D eigenvalue weighted by Gasteiger charge is -2.18. The van der Waals surface area contributed by atoms with Crippen LogP contribution in [0.3, 0.4) is 0 Å². The normalized spacial score (nSPS) is 13.2. The molecule has 1 aliphatic carbocycles. The number of hydrogen-bond donors (Lipinski definition) is 2. The van der Waals surface area contributed by atoms with Crippen molar-refractivity contribution in [1.82, 2.24) is 5.32 Å². The van der Waals surface area contributed by atoms with Gasteiger partial charge in [-0.05, 0) is 46.4 Å². The molecule has 0 bridgehead atoms. The molecule has 0 saturated heterocycles. The molecule has 5 nitrogen and oxygen atoms in total. The molecule has 0 spiro atoms. The number of benzene rings is 3. The SMILES string of the molecule is Cc1c(F)cccc1CC(NC(=O)OCC1c2ccccc2-c2ccccc21)C(=O)O. The highest BCUT2D eigenvalue weighted by Gasteiger charge is 2.30. The van der Waals surface area contributed by atoms with Crippen LogP contribution in [0, 0.1) is 12.7 Å². The molecular weight excluding hydrogens is 397 g/mol. The molecule has 6 heteroatoms. The largest absolute Gasteiger partial charge is 0.480 e. The molecule has 1 unspecified atom stereocenters. The number of carboxylic acid groups (broad SMARTS) is 1. The van der Waals surface area contributed by atoms with Gasteiger partial charge in [-0.1, -0.05) is 60.7 Å². The van der Waals surface area contributed by atoms with Gasteiger partial charge in [-0.3, -0.25) is 0 Å². The zero-order valence-electron chi connectivity index (χ0n) is 17.0. The van der Waals surface area contributed by atoms with Gasteiger partial charge in [0.2, 0.25) is 0 Å². The van der Waals surface area contributed by atoms with E-state index in [4.69, 9.17) is 4.74 Å². The number of amides is 1. The van der Waals surface area contributed by atoms with Crippen LogP contribution in [0.1, 0.15) is 28.2 Å². The Bertz CT molecular complexity index is 1100. The van der Waals surface area contributed by atoms with Crippen LogP contribution < -0.4 is 5.32 Å². The van der Waals surface area contributed by atoms with Gasteiger partial charge in [0, 0.05) is 12.3 Å². The number of halogens is 1. The van der Waals surface area contributed by atoms with Gasteiger partial charge in [-0.25, -0.2) is 14.0 Å². The Morgan fingerprint density at radius 3 is 2.23 bits per heavy atom. The lowest BCUT2D eigenvalue weighted by molar-refractivity contribution is -0.139. The fourth-order valence-electron chi connectivity index (χ4n) is 4.08. The third-order valence-corrected chi connectivity index (χ3v) is 5.74. The van der Waals surface area contributed by atoms with Crippen LogP contribution in [-0.2, 0) is 16.0 Å². The van der Waals surface area contributed by atoms with Crippen molar-refractivity contribution in [2.24, 2.45) is 0 Å². The number of carbonyl (C=O) groups is 2. The van der Waals surface area contributed by atoms with E-state index in [1.807, 2.05) is 48.5 Å². The maximum absolute atomic E-state index is 13.8. The van der Waals surface area contributed by atoms with Crippen molar-refractivity contribution < 1.29 is 23.8 Å². The fourth-order valence-corrected chi connectivity index (χ4v) is 4.08. The maximum atomic E-state index is 13.8. The predicted molar refractivity (Wildman–Crippen MR) is 114 cm³/mol. The highest BCUT2D eigenvalue weighted by atomic mass is 19.1. The number of aliphatic carboxylic acids is 1. The zero-order valence-corrected chi connectivity index (χ0v) is 17.0. The van der Waals surface area contributed by atoms with Crippen molar-refractivity contribution >= 4 is 12.1 Å². The Morgan fingerprint density at radius 2 is 1.61 bits per heavy atom. The smallest absolute Gasteiger partial charge is 0.407 e. The molecule has 1 aliphatic rings. The van der Waals surface area contributed by atoms with E-state index in [0.717, 1.165) is 22.3 Å². The van der Waals surface area contributed by atoms with E-state index in [9.17, 15) is 19.1 Å². The summed E-state index contributed by atoms with van der Waals surface area (Å²) in [7, 11) is 0. The van der Waals surface area contributed by atoms with Crippen LogP contribution >= 0.6 is 0 Å². The lowest BCUT2D eigenvalue weighted by Crippen LogP contribution is -2.43. The number of fused-ring (bicyclic) bond motifs is 3. The molecular formula is C25H22FNO4. The van der Waals surface area contributed by atoms with E-state index in [1.165, 1.54) is 12.1 Å². The van der Waals surface area contributed by atoms with Gasteiger partial charge in [0.15, 0.2) is 0 Å². The summed E-state index contributed by atoms with van der Waals surface area (Å²) in [6.07, 6.45) is -0.855. The minimum absolute atomic E-state index is 0.0386. The predicted octanol–water partition coefficient (Wildman–Crippen LogP) is 4.67. The van der Waals surface area contributed by atoms with Crippen LogP contribution in [0.25, 0.3) is 11.1 Å². The highest BCUT2D eigenvalue weighted by molar-refractivity contribution is 5.81. The summed E-state index contributed by atoms with van der Waals surface area (Å²) in [6.45, 7) is 1.67. The maximum Gasteiger partial charge on any atom is 0.407 e. The molecule has 1 atom stereocenters. The Hall–Kier alpha value is -3.67. The summed E-state index contributed by atoms with van der Waals surface area (Å²) in [5, 5.41) is 11.9. The Morgan fingerprint density at radius 1 is 1.00 bits per heavy atom. The van der Waals surface area contributed by atoms with Gasteiger partial charge in [0.25, 0.3) is 0 Å². The first-order chi connectivity index (χ1) is 15.0. The Labute approximate surface area is 179 Å². The molecule has 0 saturated carbocycles. The summed E-state index contributed by atoms with van der Waals surface area (Å²) in [5.41, 5.74) is 5.24. The third-order valence-electron chi connectivity index (χ3n) is 5.74. The van der Waals surface area contributed by atoms with E-state index >= 15 is 0 Å². The number of nitrogens with one attached hydrogen (secondary N) is 1. The summed E-state index contributed by atoms with van der Waals surface area (Å²) >= 11 is 0. The van der Waals surface area contributed by atoms with E-state index in [2.05, 4.69) is 5.32 Å². The number of carbonyl (C=O) groups excluding carboxylic acids is 1. The van der Waals surface area contributed by atoms with Gasteiger partial charge < -0.3 is 15.2 Å². The number of rotatable bonds is 6. The lowest BCUT2D eigenvalue weighted by atomic mass is 9.98. The first-order valence-electron chi connectivity index (χ1n) is 10.0. The Kier molecular flexibility index (Phi) is 5.71. The first-order valence-corrected chi connectivity index (χ1v) is 10.0. The summed E-state index contributed by atoms with van der Waals surface area (Å²) < 4.78 is 19.2. The topological polar surface area (TPSA) is 75.6 Å². The summed E-state index contributed by atoms with van der Waals surface area (Å²) in [4.78, 5) is 24.1. The molecule has 158 valence electrons. The molecule has 0 aromatic heterocycles. The van der Waals surface area contributed by atoms with Crippen molar-refractivity contribution in [3.05, 3.63) is 94.8 Å². The zero-order chi connectivity index (χ0) is 22.0. The van der Waals surface area contributed by atoms with Gasteiger partial charge in [0.05, 0.1) is 0 Å². The standard InChI is InChI=1S/C25H22FNO4/c1-15-16(7-6-12-22(15)26)13-23(24(28)29)27-25(30)31-14-21-19-10-4-2-8-17(19)18-9-3-5-11-20(18)21/h2-12,21,23H,13-14H2,1H3,(H,27,30)(H,28,29). The summed E-state index contributed by atoms with van der Waals surface area (Å²) in [6, 6.07) is 19.2. The highest BCUT2D eigenvalue weighted by Crippen LogP contribution is 2.44. The minimum atomic E-state index is -1.23. The summed E-state index contributed by atoms with van der Waals surface area (Å²) in [5.74, 6) is -1.74. The first kappa shape index (κ1) is 20.6. The minimum Gasteiger partial charge on any atom is -0.480 e. The van der Waals surface area contributed by atoms with Crippen molar-refractivity contribution in [1.29, 1.82) is 0 Å². The second-order valence-corrected chi connectivity index (χ2v) is 7.59. The molecule has 0 radical (unpaired) electrons. The van der Waals surface area contributed by atoms with Crippen LogP contribution in [0.4, 0.5) is 9.18 Å². The molecule has 4 rings (SSSR count). The fraction of sp³-hybridized carbons (Fsp3) is 0.200. The van der Waals surface area contributed by atoms with Crippen LogP contribution in [0.2, 0.25) is 0 Å². The van der Waals surface area contributed by atoms with Crippen molar-refractivity contribution in [3.63, 3.8) is 0 Å². The van der Waals surface area contributed by atoms with Gasteiger partial charge in [-0.15, -0.1) is 0 Å². The third kappa shape index (κ3) is 4.14. The second kappa shape index (κ2) is 8.60. The van der Waals surface area contributed by atoms with Crippen molar-refractivity contribution in [2.75, 3.05) is 6.61 Å². The number of carboxylic acids is 1. The second-order valence-electron chi connectivity index (χ2n) is 7.59. The van der Waals surface area contributed by atoms with Gasteiger partial charge in [0.1, 0.15) is 18.5 Å². The number of hydrogen-bond acceptors (Lipinski definition) is 3. The Balaban J connectivity index is 1.45. The molecule has 3 aromatic carbocycles. The molecule has 1 amide bonds. The monoisotopic (exact) mass is 419 g/mol. The van der Waals surface area contributed by atoms with E-state index in [0.29, 0.717) is 11.1 Å². The van der Waals surface area contributed by atoms with Gasteiger partial charge >= 0.3 is 12.1 Å². The quantitative estimate of drug-likeness (QED) is 0.609. The van der Waals surface area contributed by atoms with E-state index < -0.39 is 23.9 Å². The average molecular weight is 419 g/mol. The molecule has 31 heavy (non-hydrogen) atoms. The molecule has 3 aromatic rings. The van der Waals surface area contributed by atoms with Crippen molar-refractivity contribution in [2.45, 2.75) is 25.3 Å². The van der Waals surface area contributed by atoms with E-state index in [-0.39, 0.29) is 18.9 Å².